The Balaban J connectivity index is 2.03. The van der Waals surface area contributed by atoms with Gasteiger partial charge < -0.3 is 4.43 Å². The second-order valence-electron chi connectivity index (χ2n) is 8.15. The van der Waals surface area contributed by atoms with Crippen molar-refractivity contribution >= 4 is 19.7 Å². The van der Waals surface area contributed by atoms with E-state index in [2.05, 4.69) is 93.9 Å². The molecule has 0 aliphatic heterocycles. The number of allylic oxidation sites excluding steroid dienone is 1. The second-order valence-corrected chi connectivity index (χ2v) is 13.9. The van der Waals surface area contributed by atoms with Crippen molar-refractivity contribution in [2.45, 2.75) is 64.3 Å². The van der Waals surface area contributed by atoms with E-state index in [1.165, 1.54) is 10.4 Å². The lowest BCUT2D eigenvalue weighted by Crippen LogP contribution is -2.43. The van der Waals surface area contributed by atoms with Gasteiger partial charge in [0.1, 0.15) is 0 Å². The highest BCUT2D eigenvalue weighted by Crippen LogP contribution is 2.37. The SMILES string of the molecule is CC(C)(C)[Si](C)(C)O[C@H](/C=C/Cc1cccs1)CCc1ccccc1. The van der Waals surface area contributed by atoms with Crippen molar-refractivity contribution in [2.75, 3.05) is 0 Å². The van der Waals surface area contributed by atoms with Crippen molar-refractivity contribution in [1.82, 2.24) is 0 Å². The number of hydrogen-bond acceptors (Lipinski definition) is 2. The Morgan fingerprint density at radius 3 is 2.40 bits per heavy atom. The fraction of sp³-hybridized carbons (Fsp3) is 0.455. The highest BCUT2D eigenvalue weighted by Gasteiger charge is 2.38. The fourth-order valence-electron chi connectivity index (χ4n) is 2.47. The minimum Gasteiger partial charge on any atom is -0.411 e. The first kappa shape index (κ1) is 20.2. The summed E-state index contributed by atoms with van der Waals surface area (Å²) in [7, 11) is -1.77. The summed E-state index contributed by atoms with van der Waals surface area (Å²) in [4.78, 5) is 1.41. The number of benzene rings is 1. The zero-order valence-corrected chi connectivity index (χ0v) is 18.1. The molecule has 0 N–H and O–H groups in total. The first-order chi connectivity index (χ1) is 11.8. The van der Waals surface area contributed by atoms with Crippen LogP contribution in [0.3, 0.4) is 0 Å². The van der Waals surface area contributed by atoms with Gasteiger partial charge in [0.05, 0.1) is 6.10 Å². The average molecular weight is 373 g/mol. The number of thiophene rings is 1. The molecule has 0 unspecified atom stereocenters. The molecule has 0 aliphatic carbocycles. The van der Waals surface area contributed by atoms with Gasteiger partial charge in [-0.15, -0.1) is 11.3 Å². The molecule has 0 saturated heterocycles. The summed E-state index contributed by atoms with van der Waals surface area (Å²) in [5.41, 5.74) is 1.39. The predicted octanol–water partition coefficient (Wildman–Crippen LogP) is 6.87. The number of aryl methyl sites for hydroxylation is 1. The lowest BCUT2D eigenvalue weighted by atomic mass is 10.1. The molecule has 1 aromatic heterocycles. The monoisotopic (exact) mass is 372 g/mol. The Bertz CT molecular complexity index is 638. The number of hydrogen-bond donors (Lipinski definition) is 0. The van der Waals surface area contributed by atoms with Gasteiger partial charge in [-0.3, -0.25) is 0 Å². The van der Waals surface area contributed by atoms with Crippen LogP contribution in [0.25, 0.3) is 0 Å². The van der Waals surface area contributed by atoms with Crippen molar-refractivity contribution in [3.05, 3.63) is 70.4 Å². The molecular formula is C22H32OSSi. The molecule has 1 nitrogen and oxygen atoms in total. The summed E-state index contributed by atoms with van der Waals surface area (Å²) < 4.78 is 6.70. The normalized spacial score (nSPS) is 14.1. The maximum Gasteiger partial charge on any atom is 0.192 e. The molecule has 1 aromatic carbocycles. The smallest absolute Gasteiger partial charge is 0.192 e. The quantitative estimate of drug-likeness (QED) is 0.363. The Labute approximate surface area is 158 Å². The van der Waals surface area contributed by atoms with Gasteiger partial charge in [0.15, 0.2) is 8.32 Å². The van der Waals surface area contributed by atoms with Gasteiger partial charge in [-0.25, -0.2) is 0 Å². The molecule has 0 bridgehead atoms. The molecular weight excluding hydrogens is 340 g/mol. The van der Waals surface area contributed by atoms with Gasteiger partial charge in [0.25, 0.3) is 0 Å². The van der Waals surface area contributed by atoms with E-state index in [4.69, 9.17) is 4.43 Å². The van der Waals surface area contributed by atoms with E-state index >= 15 is 0 Å². The van der Waals surface area contributed by atoms with Crippen LogP contribution in [-0.4, -0.2) is 14.4 Å². The molecule has 0 fully saturated rings. The van der Waals surface area contributed by atoms with Gasteiger partial charge in [0, 0.05) is 4.88 Å². The highest BCUT2D eigenvalue weighted by atomic mass is 32.1. The zero-order valence-electron chi connectivity index (χ0n) is 16.3. The van der Waals surface area contributed by atoms with Gasteiger partial charge in [0.2, 0.25) is 0 Å². The molecule has 1 heterocycles. The molecule has 0 saturated carbocycles. The van der Waals surface area contributed by atoms with Crippen molar-refractivity contribution in [3.63, 3.8) is 0 Å². The van der Waals surface area contributed by atoms with E-state index < -0.39 is 8.32 Å². The molecule has 3 heteroatoms. The molecule has 1 atom stereocenters. The third kappa shape index (κ3) is 6.57. The lowest BCUT2D eigenvalue weighted by molar-refractivity contribution is 0.215. The van der Waals surface area contributed by atoms with Crippen molar-refractivity contribution in [3.8, 4) is 0 Å². The van der Waals surface area contributed by atoms with Crippen LogP contribution in [-0.2, 0) is 17.3 Å². The van der Waals surface area contributed by atoms with E-state index in [-0.39, 0.29) is 11.1 Å². The largest absolute Gasteiger partial charge is 0.411 e. The third-order valence-electron chi connectivity index (χ3n) is 5.06. The molecule has 2 rings (SSSR count). The summed E-state index contributed by atoms with van der Waals surface area (Å²) >= 11 is 1.82. The Morgan fingerprint density at radius 2 is 1.80 bits per heavy atom. The van der Waals surface area contributed by atoms with Gasteiger partial charge in [-0.2, -0.15) is 0 Å². The first-order valence-electron chi connectivity index (χ1n) is 9.19. The van der Waals surface area contributed by atoms with E-state index in [1.807, 2.05) is 11.3 Å². The van der Waals surface area contributed by atoms with Crippen LogP contribution in [0.4, 0.5) is 0 Å². The average Bonchev–Trinajstić information content (AvgIpc) is 3.05. The summed E-state index contributed by atoms with van der Waals surface area (Å²) in [6.07, 6.45) is 7.88. The predicted molar refractivity (Wildman–Crippen MR) is 114 cm³/mol. The lowest BCUT2D eigenvalue weighted by Gasteiger charge is -2.38. The maximum atomic E-state index is 6.70. The zero-order chi connectivity index (χ0) is 18.3. The molecule has 0 spiro atoms. The first-order valence-corrected chi connectivity index (χ1v) is 13.0. The summed E-state index contributed by atoms with van der Waals surface area (Å²) in [6, 6.07) is 15.0. The van der Waals surface area contributed by atoms with Crippen LogP contribution in [0, 0.1) is 0 Å². The molecule has 2 aromatic rings. The number of rotatable bonds is 8. The standard InChI is InChI=1S/C22H32OSSi/c1-22(2,3)25(4,5)23-20(13-9-14-21-15-10-18-24-21)17-16-19-11-7-6-8-12-19/h6-13,15,18,20H,14,16-17H2,1-5H3/b13-9+/t20-/m1/s1. The summed E-state index contributed by atoms with van der Waals surface area (Å²) in [5.74, 6) is 0. The van der Waals surface area contributed by atoms with Crippen LogP contribution in [0.1, 0.15) is 37.6 Å². The molecule has 0 amide bonds. The van der Waals surface area contributed by atoms with Crippen LogP contribution >= 0.6 is 11.3 Å². The van der Waals surface area contributed by atoms with E-state index in [1.54, 1.807) is 0 Å². The summed E-state index contributed by atoms with van der Waals surface area (Å²) in [6.45, 7) is 11.6. The topological polar surface area (TPSA) is 9.23 Å². The Kier molecular flexibility index (Phi) is 7.23. The van der Waals surface area contributed by atoms with Crippen LogP contribution in [0.2, 0.25) is 18.1 Å². The Hall–Kier alpha value is -1.16. The molecule has 25 heavy (non-hydrogen) atoms. The fourth-order valence-corrected chi connectivity index (χ4v) is 4.46. The van der Waals surface area contributed by atoms with E-state index in [9.17, 15) is 0 Å². The molecule has 0 aliphatic rings. The van der Waals surface area contributed by atoms with Gasteiger partial charge in [-0.1, -0.05) is 69.3 Å². The maximum absolute atomic E-state index is 6.70. The van der Waals surface area contributed by atoms with Crippen LogP contribution in [0.15, 0.2) is 60.0 Å². The molecule has 0 radical (unpaired) electrons. The van der Waals surface area contributed by atoms with E-state index in [0.717, 1.165) is 19.3 Å². The minimum absolute atomic E-state index is 0.195. The minimum atomic E-state index is -1.77. The van der Waals surface area contributed by atoms with E-state index in [0.29, 0.717) is 0 Å². The second kappa shape index (κ2) is 8.97. The highest BCUT2D eigenvalue weighted by molar-refractivity contribution is 7.09. The van der Waals surface area contributed by atoms with Gasteiger partial charge >= 0.3 is 0 Å². The molecule has 136 valence electrons. The van der Waals surface area contributed by atoms with Gasteiger partial charge in [-0.05, 0) is 54.4 Å². The van der Waals surface area contributed by atoms with Crippen molar-refractivity contribution < 1.29 is 4.43 Å². The Morgan fingerprint density at radius 1 is 1.08 bits per heavy atom. The third-order valence-corrected chi connectivity index (χ3v) is 10.5. The van der Waals surface area contributed by atoms with Crippen LogP contribution < -0.4 is 0 Å². The van der Waals surface area contributed by atoms with Crippen LogP contribution in [0.5, 0.6) is 0 Å². The van der Waals surface area contributed by atoms with Crippen molar-refractivity contribution in [2.24, 2.45) is 0 Å². The summed E-state index contributed by atoms with van der Waals surface area (Å²) in [5, 5.41) is 2.38. The van der Waals surface area contributed by atoms with Crippen molar-refractivity contribution in [1.29, 1.82) is 0 Å².